The van der Waals surface area contributed by atoms with Crippen molar-refractivity contribution < 1.29 is 9.18 Å². The first-order valence-corrected chi connectivity index (χ1v) is 9.34. The summed E-state index contributed by atoms with van der Waals surface area (Å²) in [5.41, 5.74) is 0.945. The molecule has 1 aromatic carbocycles. The first kappa shape index (κ1) is 18.4. The molecule has 0 radical (unpaired) electrons. The molecule has 0 N–H and O–H groups in total. The highest BCUT2D eigenvalue weighted by molar-refractivity contribution is 9.10. The van der Waals surface area contributed by atoms with Crippen molar-refractivity contribution in [1.29, 1.82) is 0 Å². The largest absolute Gasteiger partial charge is 0.335 e. The topological polar surface area (TPSA) is 41.4 Å². The number of hydrogen-bond donors (Lipinski definition) is 0. The Hall–Kier alpha value is -1.44. The number of amides is 1. The van der Waals surface area contributed by atoms with Crippen LogP contribution >= 0.6 is 27.5 Å². The predicted octanol–water partition coefficient (Wildman–Crippen LogP) is 3.42. The number of rotatable bonds is 4. The van der Waals surface area contributed by atoms with Gasteiger partial charge in [-0.2, -0.15) is 5.10 Å². The SMILES string of the molecule is CCn1cc(Br)c(C(=O)N2CCN(Cc3c(F)cccc3Cl)CC2)n1. The molecular formula is C17H19BrClFN4O. The van der Waals surface area contributed by atoms with E-state index in [1.165, 1.54) is 6.07 Å². The minimum Gasteiger partial charge on any atom is -0.335 e. The average Bonchev–Trinajstić information content (AvgIpc) is 2.99. The minimum absolute atomic E-state index is 0.0809. The van der Waals surface area contributed by atoms with E-state index in [-0.39, 0.29) is 11.7 Å². The van der Waals surface area contributed by atoms with Crippen LogP contribution < -0.4 is 0 Å². The highest BCUT2D eigenvalue weighted by atomic mass is 79.9. The number of aromatic nitrogens is 2. The second-order valence-electron chi connectivity index (χ2n) is 5.95. The Morgan fingerprint density at radius 1 is 1.32 bits per heavy atom. The smallest absolute Gasteiger partial charge is 0.275 e. The van der Waals surface area contributed by atoms with Gasteiger partial charge in [-0.3, -0.25) is 14.4 Å². The zero-order valence-corrected chi connectivity index (χ0v) is 16.2. The minimum atomic E-state index is -0.292. The highest BCUT2D eigenvalue weighted by Crippen LogP contribution is 2.22. The summed E-state index contributed by atoms with van der Waals surface area (Å²) in [5.74, 6) is -0.373. The molecule has 3 rings (SSSR count). The van der Waals surface area contributed by atoms with Gasteiger partial charge in [-0.05, 0) is 35.0 Å². The predicted molar refractivity (Wildman–Crippen MR) is 98.2 cm³/mol. The van der Waals surface area contributed by atoms with Gasteiger partial charge in [-0.25, -0.2) is 4.39 Å². The van der Waals surface area contributed by atoms with E-state index in [1.54, 1.807) is 21.7 Å². The summed E-state index contributed by atoms with van der Waals surface area (Å²) < 4.78 is 16.4. The molecule has 0 saturated carbocycles. The second-order valence-corrected chi connectivity index (χ2v) is 7.21. The third-order valence-electron chi connectivity index (χ3n) is 4.35. The van der Waals surface area contributed by atoms with Crippen LogP contribution in [0.3, 0.4) is 0 Å². The van der Waals surface area contributed by atoms with Crippen LogP contribution in [0, 0.1) is 5.82 Å². The van der Waals surface area contributed by atoms with Crippen molar-refractivity contribution >= 4 is 33.4 Å². The van der Waals surface area contributed by atoms with Crippen LogP contribution in [0.4, 0.5) is 4.39 Å². The standard InChI is InChI=1S/C17H19BrClFN4O/c1-2-24-11-13(18)16(21-24)17(25)23-8-6-22(7-9-23)10-12-14(19)4-3-5-15(12)20/h3-5,11H,2,6-10H2,1H3. The van der Waals surface area contributed by atoms with Crippen molar-refractivity contribution in [2.24, 2.45) is 0 Å². The maximum absolute atomic E-state index is 13.9. The summed E-state index contributed by atoms with van der Waals surface area (Å²) in [4.78, 5) is 16.5. The molecule has 8 heteroatoms. The molecule has 2 heterocycles. The Labute approximate surface area is 159 Å². The van der Waals surface area contributed by atoms with Crippen LogP contribution in [-0.2, 0) is 13.1 Å². The van der Waals surface area contributed by atoms with Crippen LogP contribution in [0.15, 0.2) is 28.9 Å². The van der Waals surface area contributed by atoms with E-state index in [0.29, 0.717) is 60.0 Å². The first-order valence-electron chi connectivity index (χ1n) is 8.17. The van der Waals surface area contributed by atoms with E-state index in [2.05, 4.69) is 25.9 Å². The normalized spacial score (nSPS) is 15.6. The van der Waals surface area contributed by atoms with Crippen LogP contribution in [-0.4, -0.2) is 51.7 Å². The molecule has 0 bridgehead atoms. The highest BCUT2D eigenvalue weighted by Gasteiger charge is 2.26. The van der Waals surface area contributed by atoms with Crippen molar-refractivity contribution in [3.63, 3.8) is 0 Å². The van der Waals surface area contributed by atoms with E-state index < -0.39 is 0 Å². The maximum atomic E-state index is 13.9. The number of carbonyl (C=O) groups excluding carboxylic acids is 1. The van der Waals surface area contributed by atoms with Gasteiger partial charge in [0.2, 0.25) is 0 Å². The van der Waals surface area contributed by atoms with E-state index >= 15 is 0 Å². The number of halogens is 3. The maximum Gasteiger partial charge on any atom is 0.275 e. The number of carbonyl (C=O) groups is 1. The fourth-order valence-electron chi connectivity index (χ4n) is 2.87. The third kappa shape index (κ3) is 4.04. The van der Waals surface area contributed by atoms with Crippen LogP contribution in [0.5, 0.6) is 0 Å². The molecule has 0 aliphatic carbocycles. The van der Waals surface area contributed by atoms with Gasteiger partial charge in [0.1, 0.15) is 5.82 Å². The van der Waals surface area contributed by atoms with Crippen LogP contribution in [0.1, 0.15) is 23.0 Å². The number of benzene rings is 1. The molecule has 1 aromatic heterocycles. The van der Waals surface area contributed by atoms with Gasteiger partial charge in [0.05, 0.1) is 4.47 Å². The van der Waals surface area contributed by atoms with Gasteiger partial charge in [0.25, 0.3) is 5.91 Å². The molecule has 134 valence electrons. The Bertz CT molecular complexity index is 754. The Morgan fingerprint density at radius 2 is 2.04 bits per heavy atom. The third-order valence-corrected chi connectivity index (χ3v) is 5.28. The summed E-state index contributed by atoms with van der Waals surface area (Å²) in [7, 11) is 0. The van der Waals surface area contributed by atoms with Crippen molar-refractivity contribution in [1.82, 2.24) is 19.6 Å². The van der Waals surface area contributed by atoms with Gasteiger partial charge in [0.15, 0.2) is 5.69 Å². The van der Waals surface area contributed by atoms with Crippen molar-refractivity contribution in [2.75, 3.05) is 26.2 Å². The number of piperazine rings is 1. The fraction of sp³-hybridized carbons (Fsp3) is 0.412. The Morgan fingerprint density at radius 3 is 2.64 bits per heavy atom. The molecule has 0 atom stereocenters. The molecule has 25 heavy (non-hydrogen) atoms. The zero-order chi connectivity index (χ0) is 18.0. The molecule has 0 unspecified atom stereocenters. The summed E-state index contributed by atoms with van der Waals surface area (Å²) in [6.45, 7) is 5.63. The molecule has 5 nitrogen and oxygen atoms in total. The van der Waals surface area contributed by atoms with Gasteiger partial charge in [-0.1, -0.05) is 17.7 Å². The van der Waals surface area contributed by atoms with E-state index in [0.717, 1.165) is 0 Å². The van der Waals surface area contributed by atoms with Crippen LogP contribution in [0.2, 0.25) is 5.02 Å². The summed E-state index contributed by atoms with van der Waals surface area (Å²) in [5, 5.41) is 4.75. The van der Waals surface area contributed by atoms with Crippen LogP contribution in [0.25, 0.3) is 0 Å². The van der Waals surface area contributed by atoms with Gasteiger partial charge >= 0.3 is 0 Å². The van der Waals surface area contributed by atoms with Gasteiger partial charge < -0.3 is 4.90 Å². The lowest BCUT2D eigenvalue weighted by Gasteiger charge is -2.34. The number of hydrogen-bond acceptors (Lipinski definition) is 3. The monoisotopic (exact) mass is 428 g/mol. The Balaban J connectivity index is 1.61. The lowest BCUT2D eigenvalue weighted by Crippen LogP contribution is -2.48. The summed E-state index contributed by atoms with van der Waals surface area (Å²) >= 11 is 9.49. The van der Waals surface area contributed by atoms with E-state index in [9.17, 15) is 9.18 Å². The zero-order valence-electron chi connectivity index (χ0n) is 13.9. The van der Waals surface area contributed by atoms with Crippen molar-refractivity contribution in [3.8, 4) is 0 Å². The van der Waals surface area contributed by atoms with Gasteiger partial charge in [0, 0.05) is 56.1 Å². The summed E-state index contributed by atoms with van der Waals surface area (Å²) in [6.07, 6.45) is 1.81. The number of aryl methyl sites for hydroxylation is 1. The molecule has 1 fully saturated rings. The Kier molecular flexibility index (Phi) is 5.76. The molecule has 1 amide bonds. The molecule has 2 aromatic rings. The molecular weight excluding hydrogens is 411 g/mol. The quantitative estimate of drug-likeness (QED) is 0.748. The first-order chi connectivity index (χ1) is 12.0. The molecule has 1 aliphatic rings. The molecule has 1 saturated heterocycles. The fourth-order valence-corrected chi connectivity index (χ4v) is 3.58. The van der Waals surface area contributed by atoms with E-state index in [4.69, 9.17) is 11.6 Å². The number of nitrogens with zero attached hydrogens (tertiary/aromatic N) is 4. The molecule has 1 aliphatic heterocycles. The average molecular weight is 430 g/mol. The van der Waals surface area contributed by atoms with Crippen molar-refractivity contribution in [2.45, 2.75) is 20.0 Å². The lowest BCUT2D eigenvalue weighted by molar-refractivity contribution is 0.0619. The lowest BCUT2D eigenvalue weighted by atomic mass is 10.1. The summed E-state index contributed by atoms with van der Waals surface area (Å²) in [6, 6.07) is 4.72. The van der Waals surface area contributed by atoms with E-state index in [1.807, 2.05) is 13.1 Å². The molecule has 0 spiro atoms. The van der Waals surface area contributed by atoms with Gasteiger partial charge in [-0.15, -0.1) is 0 Å². The second kappa shape index (κ2) is 7.85. The van der Waals surface area contributed by atoms with Crippen molar-refractivity contribution in [3.05, 3.63) is 51.0 Å².